The molecule has 0 atom stereocenters. The summed E-state index contributed by atoms with van der Waals surface area (Å²) in [4.78, 5) is 14.2. The highest BCUT2D eigenvalue weighted by molar-refractivity contribution is 6.30. The Morgan fingerprint density at radius 1 is 1.28 bits per heavy atom. The first-order valence-corrected chi connectivity index (χ1v) is 5.62. The summed E-state index contributed by atoms with van der Waals surface area (Å²) in [5.74, 6) is 0.471. The number of hydrogen-bond acceptors (Lipinski definition) is 4. The topological polar surface area (TPSA) is 68.1 Å². The zero-order chi connectivity index (χ0) is 13.0. The first kappa shape index (κ1) is 12.3. The molecule has 1 aromatic heterocycles. The Labute approximate surface area is 109 Å². The van der Waals surface area contributed by atoms with Crippen LogP contribution in [0.3, 0.4) is 0 Å². The average molecular weight is 264 g/mol. The Hall–Kier alpha value is -2.14. The van der Waals surface area contributed by atoms with Gasteiger partial charge in [-0.15, -0.1) is 0 Å². The molecule has 1 heterocycles. The molecule has 5 nitrogen and oxygen atoms in total. The van der Waals surface area contributed by atoms with Crippen LogP contribution < -0.4 is 5.32 Å². The molecule has 6 heteroatoms. The second-order valence-electron chi connectivity index (χ2n) is 3.64. The summed E-state index contributed by atoms with van der Waals surface area (Å²) in [6.07, 6.45) is 1.41. The summed E-state index contributed by atoms with van der Waals surface area (Å²) in [5, 5.41) is 14.3. The van der Waals surface area contributed by atoms with E-state index in [1.807, 2.05) is 12.1 Å². The third kappa shape index (κ3) is 3.18. The van der Waals surface area contributed by atoms with Crippen molar-refractivity contribution in [1.29, 1.82) is 0 Å². The molecule has 0 saturated heterocycles. The largest absolute Gasteiger partial charge is 0.366 e. The van der Waals surface area contributed by atoms with E-state index >= 15 is 0 Å². The summed E-state index contributed by atoms with van der Waals surface area (Å²) in [6.45, 7) is 0.533. The van der Waals surface area contributed by atoms with Crippen molar-refractivity contribution in [3.8, 4) is 0 Å². The maximum atomic E-state index is 10.6. The predicted octanol–water partition coefficient (Wildman–Crippen LogP) is 3.26. The van der Waals surface area contributed by atoms with Gasteiger partial charge >= 0.3 is 0 Å². The molecule has 0 aliphatic rings. The highest BCUT2D eigenvalue weighted by atomic mass is 35.5. The summed E-state index contributed by atoms with van der Waals surface area (Å²) in [6, 6.07) is 10.1. The highest BCUT2D eigenvalue weighted by Gasteiger charge is 2.06. The van der Waals surface area contributed by atoms with Crippen LogP contribution in [0.4, 0.5) is 11.5 Å². The van der Waals surface area contributed by atoms with E-state index < -0.39 is 4.92 Å². The molecule has 1 aromatic carbocycles. The lowest BCUT2D eigenvalue weighted by Crippen LogP contribution is -2.01. The molecule has 0 aliphatic carbocycles. The van der Waals surface area contributed by atoms with Crippen molar-refractivity contribution in [1.82, 2.24) is 4.98 Å². The van der Waals surface area contributed by atoms with Gasteiger partial charge in [-0.05, 0) is 17.7 Å². The van der Waals surface area contributed by atoms with Gasteiger partial charge in [-0.2, -0.15) is 0 Å². The molecule has 0 aliphatic heterocycles. The van der Waals surface area contributed by atoms with E-state index in [2.05, 4.69) is 10.3 Å². The quantitative estimate of drug-likeness (QED) is 0.679. The summed E-state index contributed by atoms with van der Waals surface area (Å²) in [7, 11) is 0. The van der Waals surface area contributed by atoms with Gasteiger partial charge in [0.15, 0.2) is 0 Å². The van der Waals surface area contributed by atoms with Crippen molar-refractivity contribution in [2.24, 2.45) is 0 Å². The molecule has 0 fully saturated rings. The third-order valence-corrected chi connectivity index (χ3v) is 2.59. The van der Waals surface area contributed by atoms with Crippen LogP contribution in [0.25, 0.3) is 0 Å². The van der Waals surface area contributed by atoms with Crippen molar-refractivity contribution in [3.63, 3.8) is 0 Å². The number of anilines is 1. The molecule has 2 aromatic rings. The Morgan fingerprint density at radius 2 is 2.00 bits per heavy atom. The van der Waals surface area contributed by atoms with Gasteiger partial charge in [0.1, 0.15) is 5.82 Å². The second-order valence-corrected chi connectivity index (χ2v) is 4.07. The van der Waals surface area contributed by atoms with Gasteiger partial charge in [0.05, 0.1) is 11.0 Å². The highest BCUT2D eigenvalue weighted by Crippen LogP contribution is 2.15. The molecule has 2 rings (SSSR count). The number of aromatic nitrogens is 1. The fourth-order valence-electron chi connectivity index (χ4n) is 1.42. The van der Waals surface area contributed by atoms with Gasteiger partial charge in [-0.3, -0.25) is 10.1 Å². The Balaban J connectivity index is 2.04. The molecule has 0 radical (unpaired) electrons. The van der Waals surface area contributed by atoms with Crippen LogP contribution in [0.15, 0.2) is 42.6 Å². The van der Waals surface area contributed by atoms with Crippen LogP contribution in [0.1, 0.15) is 5.56 Å². The Kier molecular flexibility index (Phi) is 3.74. The summed E-state index contributed by atoms with van der Waals surface area (Å²) in [5.41, 5.74) is 1.04. The minimum absolute atomic E-state index is 0.0172. The van der Waals surface area contributed by atoms with E-state index in [4.69, 9.17) is 11.6 Å². The smallest absolute Gasteiger partial charge is 0.274 e. The van der Waals surface area contributed by atoms with Crippen molar-refractivity contribution in [2.45, 2.75) is 6.54 Å². The zero-order valence-corrected chi connectivity index (χ0v) is 10.1. The summed E-state index contributed by atoms with van der Waals surface area (Å²) < 4.78 is 0. The van der Waals surface area contributed by atoms with Gasteiger partial charge in [0.25, 0.3) is 5.69 Å². The number of halogens is 1. The minimum Gasteiger partial charge on any atom is -0.366 e. The Morgan fingerprint density at radius 3 is 2.67 bits per heavy atom. The molecule has 18 heavy (non-hydrogen) atoms. The van der Waals surface area contributed by atoms with Gasteiger partial charge in [0, 0.05) is 23.8 Å². The van der Waals surface area contributed by atoms with E-state index in [-0.39, 0.29) is 5.69 Å². The minimum atomic E-state index is -0.449. The molecule has 1 N–H and O–H groups in total. The van der Waals surface area contributed by atoms with Crippen molar-refractivity contribution >= 4 is 23.1 Å². The maximum Gasteiger partial charge on any atom is 0.274 e. The van der Waals surface area contributed by atoms with E-state index in [0.29, 0.717) is 17.4 Å². The molecule has 0 bridgehead atoms. The standard InChI is InChI=1S/C12H10ClN3O2/c13-10-3-1-9(2-4-10)8-15-12-7-11(16(17)18)5-6-14-12/h1-7H,8H2,(H,14,15). The monoisotopic (exact) mass is 263 g/mol. The number of benzene rings is 1. The fourth-order valence-corrected chi connectivity index (χ4v) is 1.55. The van der Waals surface area contributed by atoms with Gasteiger partial charge < -0.3 is 5.32 Å². The molecule has 0 amide bonds. The van der Waals surface area contributed by atoms with Gasteiger partial charge in [0.2, 0.25) is 0 Å². The lowest BCUT2D eigenvalue weighted by Gasteiger charge is -2.05. The first-order chi connectivity index (χ1) is 8.65. The second kappa shape index (κ2) is 5.46. The average Bonchev–Trinajstić information content (AvgIpc) is 2.38. The van der Waals surface area contributed by atoms with E-state index in [0.717, 1.165) is 5.56 Å². The van der Waals surface area contributed by atoms with Crippen LogP contribution in [-0.4, -0.2) is 9.91 Å². The zero-order valence-electron chi connectivity index (χ0n) is 9.34. The molecule has 92 valence electrons. The van der Waals surface area contributed by atoms with E-state index in [9.17, 15) is 10.1 Å². The fraction of sp³-hybridized carbons (Fsp3) is 0.0833. The van der Waals surface area contributed by atoms with Crippen LogP contribution >= 0.6 is 11.6 Å². The SMILES string of the molecule is O=[N+]([O-])c1ccnc(NCc2ccc(Cl)cc2)c1. The first-order valence-electron chi connectivity index (χ1n) is 5.24. The Bertz CT molecular complexity index is 558. The number of nitrogens with one attached hydrogen (secondary N) is 1. The van der Waals surface area contributed by atoms with Crippen molar-refractivity contribution < 1.29 is 4.92 Å². The molecular weight excluding hydrogens is 254 g/mol. The van der Waals surface area contributed by atoms with Crippen molar-refractivity contribution in [3.05, 3.63) is 63.3 Å². The lowest BCUT2D eigenvalue weighted by molar-refractivity contribution is -0.384. The number of nitro groups is 1. The number of pyridine rings is 1. The van der Waals surface area contributed by atoms with Crippen LogP contribution in [0, 0.1) is 10.1 Å². The van der Waals surface area contributed by atoms with Gasteiger partial charge in [-0.1, -0.05) is 23.7 Å². The normalized spacial score (nSPS) is 10.1. The van der Waals surface area contributed by atoms with Gasteiger partial charge in [-0.25, -0.2) is 4.98 Å². The molecule has 0 spiro atoms. The number of nitrogens with zero attached hydrogens (tertiary/aromatic N) is 2. The van der Waals surface area contributed by atoms with Crippen molar-refractivity contribution in [2.75, 3.05) is 5.32 Å². The van der Waals surface area contributed by atoms with Crippen LogP contribution in [0.2, 0.25) is 5.02 Å². The van der Waals surface area contributed by atoms with Crippen LogP contribution in [-0.2, 0) is 6.54 Å². The number of hydrogen-bond donors (Lipinski definition) is 1. The van der Waals surface area contributed by atoms with E-state index in [1.165, 1.54) is 18.3 Å². The summed E-state index contributed by atoms with van der Waals surface area (Å²) >= 11 is 5.78. The third-order valence-electron chi connectivity index (χ3n) is 2.34. The lowest BCUT2D eigenvalue weighted by atomic mass is 10.2. The maximum absolute atomic E-state index is 10.6. The number of rotatable bonds is 4. The van der Waals surface area contributed by atoms with Crippen LogP contribution in [0.5, 0.6) is 0 Å². The van der Waals surface area contributed by atoms with E-state index in [1.54, 1.807) is 12.1 Å². The molecular formula is C12H10ClN3O2. The molecule has 0 saturated carbocycles. The molecule has 0 unspecified atom stereocenters. The predicted molar refractivity (Wildman–Crippen MR) is 69.7 cm³/mol.